The summed E-state index contributed by atoms with van der Waals surface area (Å²) < 4.78 is 47.8. The number of anilines is 1. The van der Waals surface area contributed by atoms with E-state index in [1.54, 1.807) is 60.9 Å². The number of nitrogens with zero attached hydrogens (tertiary/aromatic N) is 4. The van der Waals surface area contributed by atoms with E-state index in [0.29, 0.717) is 18.1 Å². The number of halogens is 3. The Hall–Kier alpha value is -3.38. The van der Waals surface area contributed by atoms with Gasteiger partial charge in [0.1, 0.15) is 16.3 Å². The molecule has 2 aliphatic heterocycles. The van der Waals surface area contributed by atoms with Crippen molar-refractivity contribution in [3.8, 4) is 0 Å². The van der Waals surface area contributed by atoms with Crippen molar-refractivity contribution >= 4 is 50.9 Å². The fourth-order valence-electron chi connectivity index (χ4n) is 5.50. The van der Waals surface area contributed by atoms with Crippen molar-refractivity contribution in [3.05, 3.63) is 93.7 Å². The number of amides is 2. The number of ether oxygens (including phenoxy) is 1. The summed E-state index contributed by atoms with van der Waals surface area (Å²) in [4.78, 5) is 32.0. The number of piperazine rings is 2. The molecule has 1 unspecified atom stereocenters. The number of hydrogen-bond acceptors (Lipinski definition) is 6. The minimum absolute atomic E-state index is 0.00801. The number of carbonyl (C=O) groups is 2. The third-order valence-corrected chi connectivity index (χ3v) is 10.4. The van der Waals surface area contributed by atoms with Gasteiger partial charge < -0.3 is 19.4 Å². The summed E-state index contributed by atoms with van der Waals surface area (Å²) >= 11 is 12.7. The van der Waals surface area contributed by atoms with Crippen molar-refractivity contribution < 1.29 is 27.1 Å². The maximum atomic E-state index is 14.0. The van der Waals surface area contributed by atoms with Crippen molar-refractivity contribution in [1.29, 1.82) is 0 Å². The van der Waals surface area contributed by atoms with Crippen LogP contribution in [-0.2, 0) is 14.8 Å². The summed E-state index contributed by atoms with van der Waals surface area (Å²) in [7, 11) is -4.04. The van der Waals surface area contributed by atoms with Gasteiger partial charge in [0.2, 0.25) is 10.0 Å². The molecule has 2 saturated heterocycles. The second-order valence-corrected chi connectivity index (χ2v) is 14.8. The van der Waals surface area contributed by atoms with E-state index in [1.807, 2.05) is 11.0 Å². The zero-order valence-corrected chi connectivity index (χ0v) is 27.6. The molecule has 0 N–H and O–H groups in total. The molecule has 2 amide bonds. The fraction of sp³-hybridized carbons (Fsp3) is 0.375. The largest absolute Gasteiger partial charge is 0.444 e. The minimum Gasteiger partial charge on any atom is -0.444 e. The van der Waals surface area contributed by atoms with E-state index in [9.17, 15) is 22.4 Å². The van der Waals surface area contributed by atoms with Crippen LogP contribution in [0.2, 0.25) is 10.0 Å². The van der Waals surface area contributed by atoms with Crippen molar-refractivity contribution in [1.82, 2.24) is 14.1 Å². The predicted molar refractivity (Wildman–Crippen MR) is 172 cm³/mol. The van der Waals surface area contributed by atoms with Gasteiger partial charge >= 0.3 is 6.09 Å². The average Bonchev–Trinajstić information content (AvgIpc) is 3.00. The van der Waals surface area contributed by atoms with Crippen molar-refractivity contribution in [2.75, 3.05) is 50.7 Å². The molecule has 2 heterocycles. The van der Waals surface area contributed by atoms with Crippen LogP contribution in [0.5, 0.6) is 0 Å². The number of hydrogen-bond donors (Lipinski definition) is 0. The first-order valence-corrected chi connectivity index (χ1v) is 16.8. The maximum absolute atomic E-state index is 14.0. The molecule has 3 aromatic carbocycles. The van der Waals surface area contributed by atoms with Crippen LogP contribution < -0.4 is 4.90 Å². The topological polar surface area (TPSA) is 90.5 Å². The Morgan fingerprint density at radius 2 is 1.58 bits per heavy atom. The number of carbonyl (C=O) groups excluding carboxylic acids is 2. The van der Waals surface area contributed by atoms with Crippen molar-refractivity contribution in [2.24, 2.45) is 0 Å². The summed E-state index contributed by atoms with van der Waals surface area (Å²) in [6.45, 7) is 7.15. The van der Waals surface area contributed by atoms with Gasteiger partial charge in [0.25, 0.3) is 5.91 Å². The molecule has 0 radical (unpaired) electrons. The SMILES string of the molecule is CC(C)(C)OC(=O)N1CCN(C(=O)c2ccc(Cl)c(S(=O)(=O)N3CCN(c4ccc(F)cc4)CC3)c2)C(c2cccc(Cl)c2)C1. The molecule has 13 heteroatoms. The molecule has 2 aliphatic rings. The van der Waals surface area contributed by atoms with Crippen LogP contribution in [0.4, 0.5) is 14.9 Å². The molecule has 0 aromatic heterocycles. The molecular formula is C32H35Cl2FN4O5S. The predicted octanol–water partition coefficient (Wildman–Crippen LogP) is 6.08. The van der Waals surface area contributed by atoms with Crippen molar-refractivity contribution in [2.45, 2.75) is 37.3 Å². The second-order valence-electron chi connectivity index (χ2n) is 12.0. The second kappa shape index (κ2) is 13.2. The first-order valence-electron chi connectivity index (χ1n) is 14.6. The Labute approximate surface area is 273 Å². The van der Waals surface area contributed by atoms with Crippen LogP contribution in [0.25, 0.3) is 0 Å². The van der Waals surface area contributed by atoms with Gasteiger partial charge in [-0.25, -0.2) is 17.6 Å². The van der Waals surface area contributed by atoms with Gasteiger partial charge in [-0.05, 0) is 80.9 Å². The van der Waals surface area contributed by atoms with E-state index >= 15 is 0 Å². The smallest absolute Gasteiger partial charge is 0.410 e. The van der Waals surface area contributed by atoms with Gasteiger partial charge in [0.05, 0.1) is 11.1 Å². The first-order chi connectivity index (χ1) is 21.2. The lowest BCUT2D eigenvalue weighted by Crippen LogP contribution is -2.53. The Balaban J connectivity index is 1.37. The Kier molecular flexibility index (Phi) is 9.65. The van der Waals surface area contributed by atoms with Gasteiger partial charge in [-0.3, -0.25) is 4.79 Å². The third-order valence-electron chi connectivity index (χ3n) is 7.75. The van der Waals surface area contributed by atoms with Gasteiger partial charge in [-0.1, -0.05) is 35.3 Å². The molecule has 0 bridgehead atoms. The van der Waals surface area contributed by atoms with Gasteiger partial charge in [-0.2, -0.15) is 4.31 Å². The van der Waals surface area contributed by atoms with Gasteiger partial charge in [0.15, 0.2) is 0 Å². The van der Waals surface area contributed by atoms with E-state index in [0.717, 1.165) is 11.3 Å². The third kappa shape index (κ3) is 7.54. The maximum Gasteiger partial charge on any atom is 0.410 e. The van der Waals surface area contributed by atoms with Crippen LogP contribution in [0.3, 0.4) is 0 Å². The Bertz CT molecular complexity index is 1680. The molecular weight excluding hydrogens is 642 g/mol. The summed E-state index contributed by atoms with van der Waals surface area (Å²) in [5.74, 6) is -0.745. The molecule has 45 heavy (non-hydrogen) atoms. The Morgan fingerprint density at radius 3 is 2.22 bits per heavy atom. The van der Waals surface area contributed by atoms with Crippen molar-refractivity contribution in [3.63, 3.8) is 0 Å². The lowest BCUT2D eigenvalue weighted by molar-refractivity contribution is 0.00407. The highest BCUT2D eigenvalue weighted by Crippen LogP contribution is 2.32. The minimum atomic E-state index is -4.04. The highest BCUT2D eigenvalue weighted by molar-refractivity contribution is 7.89. The summed E-state index contributed by atoms with van der Waals surface area (Å²) in [5, 5.41) is 0.488. The highest BCUT2D eigenvalue weighted by atomic mass is 35.5. The van der Waals surface area contributed by atoms with Gasteiger partial charge in [-0.15, -0.1) is 0 Å². The number of benzene rings is 3. The van der Waals surface area contributed by atoms with Crippen LogP contribution in [-0.4, -0.2) is 85.9 Å². The van der Waals surface area contributed by atoms with E-state index < -0.39 is 33.7 Å². The fourth-order valence-corrected chi connectivity index (χ4v) is 7.62. The monoisotopic (exact) mass is 676 g/mol. The van der Waals surface area contributed by atoms with E-state index in [4.69, 9.17) is 27.9 Å². The molecule has 0 saturated carbocycles. The van der Waals surface area contributed by atoms with E-state index in [-0.39, 0.29) is 54.0 Å². The normalized spacial score (nSPS) is 18.2. The van der Waals surface area contributed by atoms with Crippen LogP contribution in [0.1, 0.15) is 42.7 Å². The lowest BCUT2D eigenvalue weighted by atomic mass is 10.0. The lowest BCUT2D eigenvalue weighted by Gasteiger charge is -2.42. The van der Waals surface area contributed by atoms with E-state index in [2.05, 4.69) is 0 Å². The highest BCUT2D eigenvalue weighted by Gasteiger charge is 2.37. The summed E-state index contributed by atoms with van der Waals surface area (Å²) in [5.41, 5.74) is 1.000. The molecule has 1 atom stereocenters. The molecule has 2 fully saturated rings. The molecule has 3 aromatic rings. The summed E-state index contributed by atoms with van der Waals surface area (Å²) in [6, 6.07) is 16.8. The van der Waals surface area contributed by atoms with Crippen LogP contribution >= 0.6 is 23.2 Å². The quantitative estimate of drug-likeness (QED) is 0.326. The first kappa shape index (κ1) is 33.0. The molecule has 0 aliphatic carbocycles. The molecule has 5 rings (SSSR count). The van der Waals surface area contributed by atoms with Crippen LogP contribution in [0, 0.1) is 5.82 Å². The number of sulfonamides is 1. The van der Waals surface area contributed by atoms with E-state index in [1.165, 1.54) is 34.6 Å². The standard InChI is InChI=1S/C32H35Cl2FN4O5S/c1-32(2,3)44-31(41)37-15-18-39(28(21-37)22-5-4-6-24(33)19-22)30(40)23-7-12-27(34)29(20-23)45(42,43)38-16-13-36(14-17-38)26-10-8-25(35)9-11-26/h4-12,19-20,28H,13-18,21H2,1-3H3. The van der Waals surface area contributed by atoms with Crippen LogP contribution in [0.15, 0.2) is 71.6 Å². The summed E-state index contributed by atoms with van der Waals surface area (Å²) in [6.07, 6.45) is -0.485. The molecule has 0 spiro atoms. The average molecular weight is 678 g/mol. The molecule has 240 valence electrons. The number of rotatable bonds is 5. The van der Waals surface area contributed by atoms with Gasteiger partial charge in [0, 0.05) is 62.1 Å². The Morgan fingerprint density at radius 1 is 0.889 bits per heavy atom. The molecule has 9 nitrogen and oxygen atoms in total. The zero-order chi connectivity index (χ0) is 32.5. The zero-order valence-electron chi connectivity index (χ0n) is 25.3.